The van der Waals surface area contributed by atoms with E-state index in [4.69, 9.17) is 4.79 Å². The number of benzene rings is 2. The molecule has 1 amide bonds. The van der Waals surface area contributed by atoms with Crippen molar-refractivity contribution in [3.63, 3.8) is 0 Å². The van der Waals surface area contributed by atoms with E-state index in [0.29, 0.717) is 18.0 Å². The first-order chi connectivity index (χ1) is 16.5. The third kappa shape index (κ3) is 10.1. The minimum Gasteiger partial charge on any atom is -0.394 e. The van der Waals surface area contributed by atoms with E-state index in [-0.39, 0.29) is 0 Å². The number of hydrogen-bond donors (Lipinski definition) is 3. The minimum absolute atomic E-state index is 0.425. The number of carbonyl (C=O) groups is 1. The number of piperidine rings is 1. The maximum atomic E-state index is 13.4. The molecule has 0 bridgehead atoms. The summed E-state index contributed by atoms with van der Waals surface area (Å²) in [5.41, 5.74) is 3.65. The molecule has 1 fully saturated rings. The number of carbonyl (C=O) groups excluding carboxylic acids is 1. The molecule has 3 N–H and O–H groups in total. The molecule has 2 aromatic carbocycles. The first-order valence-corrected chi connectivity index (χ1v) is 11.7. The quantitative estimate of drug-likeness (QED) is 0.366. The number of anilines is 1. The van der Waals surface area contributed by atoms with Crippen LogP contribution in [0.2, 0.25) is 0 Å². The van der Waals surface area contributed by atoms with Crippen molar-refractivity contribution in [2.45, 2.75) is 39.7 Å². The molecule has 0 saturated carbocycles. The van der Waals surface area contributed by atoms with Gasteiger partial charge in [0, 0.05) is 50.7 Å². The molecule has 3 rings (SSSR count). The lowest BCUT2D eigenvalue weighted by atomic mass is 10.0. The Morgan fingerprint density at radius 2 is 1.50 bits per heavy atom. The second-order valence-electron chi connectivity index (χ2n) is 7.50. The number of allylic oxidation sites excluding steroid dienone is 3. The zero-order chi connectivity index (χ0) is 25.3. The molecule has 7 heteroatoms. The number of nitrogens with zero attached hydrogens (tertiary/aromatic N) is 1. The number of nitrogens with one attached hydrogen (secondary N) is 3. The fourth-order valence-electron chi connectivity index (χ4n) is 3.48. The highest BCUT2D eigenvalue weighted by atomic mass is 19.1. The molecule has 0 unspecified atom stereocenters. The molecule has 1 saturated heterocycles. The number of rotatable bonds is 7. The molecule has 0 aromatic heterocycles. The fraction of sp³-hybridized carbons (Fsp3) is 0.370. The average Bonchev–Trinajstić information content (AvgIpc) is 2.86. The van der Waals surface area contributed by atoms with E-state index in [1.165, 1.54) is 17.8 Å². The van der Waals surface area contributed by atoms with Gasteiger partial charge in [-0.1, -0.05) is 26.0 Å². The van der Waals surface area contributed by atoms with E-state index in [2.05, 4.69) is 33.9 Å². The van der Waals surface area contributed by atoms with Crippen LogP contribution in [0.4, 0.5) is 14.5 Å². The van der Waals surface area contributed by atoms with Gasteiger partial charge in [0.2, 0.25) is 6.41 Å². The van der Waals surface area contributed by atoms with E-state index >= 15 is 0 Å². The lowest BCUT2D eigenvalue weighted by Crippen LogP contribution is -2.38. The van der Waals surface area contributed by atoms with Gasteiger partial charge in [0.1, 0.15) is 11.6 Å². The van der Waals surface area contributed by atoms with E-state index in [1.54, 1.807) is 7.05 Å². The summed E-state index contributed by atoms with van der Waals surface area (Å²) in [6.07, 6.45) is 8.82. The van der Waals surface area contributed by atoms with Crippen LogP contribution in [0.25, 0.3) is 11.1 Å². The molecule has 1 aliphatic heterocycles. The van der Waals surface area contributed by atoms with Crippen LogP contribution in [0.5, 0.6) is 0 Å². The van der Waals surface area contributed by atoms with Crippen LogP contribution in [0, 0.1) is 11.6 Å². The molecule has 0 radical (unpaired) electrons. The maximum Gasteiger partial charge on any atom is 0.206 e. The zero-order valence-electron chi connectivity index (χ0n) is 20.9. The van der Waals surface area contributed by atoms with Crippen LogP contribution in [0.3, 0.4) is 0 Å². The Morgan fingerprint density at radius 3 is 2.00 bits per heavy atom. The standard InChI is InChI=1S/C23H27F2N3.C2H5NO.C2H6/c1-17(4-3-11-26-2)28-12-9-23(10-13-28)27-22-7-5-18(6-8-22)19-14-20(24)16-21(25)15-19;1-3-2-4;1-2/h3-8,11,14-16,23,26-27H,9-10,12-13H2,1-2H3;2H,1H3,(H,3,4);1-2H3/b11-3-,17-4+;;. The summed E-state index contributed by atoms with van der Waals surface area (Å²) in [7, 11) is 3.45. The molecule has 2 aromatic rings. The molecule has 0 spiro atoms. The molecular formula is C27H38F2N4O. The van der Waals surface area contributed by atoms with E-state index < -0.39 is 11.6 Å². The third-order valence-electron chi connectivity index (χ3n) is 5.16. The first-order valence-electron chi connectivity index (χ1n) is 11.7. The van der Waals surface area contributed by atoms with Crippen LogP contribution in [0.1, 0.15) is 33.6 Å². The van der Waals surface area contributed by atoms with Crippen LogP contribution < -0.4 is 16.0 Å². The SMILES string of the molecule is CC.CN/C=C\C=C(/C)N1CCC(Nc2ccc(-c3cc(F)cc(F)c3)cc2)CC1.CNC=O. The highest BCUT2D eigenvalue weighted by Crippen LogP contribution is 2.25. The Balaban J connectivity index is 0.000000872. The van der Waals surface area contributed by atoms with Crippen LogP contribution in [0.15, 0.2) is 66.5 Å². The van der Waals surface area contributed by atoms with Crippen molar-refractivity contribution in [3.05, 3.63) is 78.1 Å². The fourth-order valence-corrected chi connectivity index (χ4v) is 3.48. The van der Waals surface area contributed by atoms with Gasteiger partial charge in [0.25, 0.3) is 0 Å². The summed E-state index contributed by atoms with van der Waals surface area (Å²) >= 11 is 0. The monoisotopic (exact) mass is 472 g/mol. The van der Waals surface area contributed by atoms with Gasteiger partial charge in [0.15, 0.2) is 0 Å². The third-order valence-corrected chi connectivity index (χ3v) is 5.16. The topological polar surface area (TPSA) is 56.4 Å². The van der Waals surface area contributed by atoms with Gasteiger partial charge < -0.3 is 20.9 Å². The zero-order valence-corrected chi connectivity index (χ0v) is 20.9. The normalized spacial score (nSPS) is 13.9. The highest BCUT2D eigenvalue weighted by molar-refractivity contribution is 5.66. The van der Waals surface area contributed by atoms with Crippen LogP contribution in [-0.4, -0.2) is 44.5 Å². The lowest BCUT2D eigenvalue weighted by molar-refractivity contribution is -0.109. The van der Waals surface area contributed by atoms with E-state index in [0.717, 1.165) is 43.2 Å². The Morgan fingerprint density at radius 1 is 0.941 bits per heavy atom. The summed E-state index contributed by atoms with van der Waals surface area (Å²) in [5, 5.41) is 8.82. The molecular weight excluding hydrogens is 434 g/mol. The van der Waals surface area contributed by atoms with Gasteiger partial charge in [-0.15, -0.1) is 0 Å². The summed E-state index contributed by atoms with van der Waals surface area (Å²) in [6, 6.07) is 11.7. The van der Waals surface area contributed by atoms with Crippen molar-refractivity contribution < 1.29 is 13.6 Å². The van der Waals surface area contributed by atoms with E-state index in [1.807, 2.05) is 57.4 Å². The van der Waals surface area contributed by atoms with Crippen molar-refractivity contribution >= 4 is 12.1 Å². The predicted octanol–water partition coefficient (Wildman–Crippen LogP) is 5.53. The molecule has 34 heavy (non-hydrogen) atoms. The van der Waals surface area contributed by atoms with Crippen molar-refractivity contribution in [2.24, 2.45) is 0 Å². The largest absolute Gasteiger partial charge is 0.394 e. The van der Waals surface area contributed by atoms with Crippen LogP contribution >= 0.6 is 0 Å². The van der Waals surface area contributed by atoms with Gasteiger partial charge >= 0.3 is 0 Å². The molecule has 0 aliphatic carbocycles. The van der Waals surface area contributed by atoms with Crippen LogP contribution in [-0.2, 0) is 4.79 Å². The average molecular weight is 473 g/mol. The highest BCUT2D eigenvalue weighted by Gasteiger charge is 2.19. The van der Waals surface area contributed by atoms with Crippen molar-refractivity contribution in [1.29, 1.82) is 0 Å². The second-order valence-corrected chi connectivity index (χ2v) is 7.50. The minimum atomic E-state index is -0.560. The summed E-state index contributed by atoms with van der Waals surface area (Å²) in [4.78, 5) is 11.5. The Kier molecular flexibility index (Phi) is 13.7. The predicted molar refractivity (Wildman–Crippen MR) is 138 cm³/mol. The Hall–Kier alpha value is -3.35. The van der Waals surface area contributed by atoms with Gasteiger partial charge in [-0.3, -0.25) is 4.79 Å². The Bertz CT molecular complexity index is 885. The summed E-state index contributed by atoms with van der Waals surface area (Å²) < 4.78 is 26.8. The second kappa shape index (κ2) is 16.3. The first kappa shape index (κ1) is 28.7. The van der Waals surface area contributed by atoms with E-state index in [9.17, 15) is 8.78 Å². The number of hydrogen-bond acceptors (Lipinski definition) is 4. The summed E-state index contributed by atoms with van der Waals surface area (Å²) in [5.74, 6) is -1.12. The molecule has 186 valence electrons. The maximum absolute atomic E-state index is 13.4. The molecule has 1 heterocycles. The molecule has 1 aliphatic rings. The number of halogens is 2. The number of amides is 1. The van der Waals surface area contributed by atoms with Crippen molar-refractivity contribution in [2.75, 3.05) is 32.5 Å². The van der Waals surface area contributed by atoms with Gasteiger partial charge in [-0.2, -0.15) is 0 Å². The van der Waals surface area contributed by atoms with Gasteiger partial charge in [-0.25, -0.2) is 8.78 Å². The lowest BCUT2D eigenvalue weighted by Gasteiger charge is -2.34. The smallest absolute Gasteiger partial charge is 0.206 e. The Labute approximate surface area is 202 Å². The number of likely N-dealkylation sites (tertiary alicyclic amines) is 1. The van der Waals surface area contributed by atoms with Crippen molar-refractivity contribution in [3.8, 4) is 11.1 Å². The molecule has 5 nitrogen and oxygen atoms in total. The van der Waals surface area contributed by atoms with Gasteiger partial charge in [-0.05, 0) is 73.5 Å². The van der Waals surface area contributed by atoms with Crippen molar-refractivity contribution in [1.82, 2.24) is 15.5 Å². The molecule has 0 atom stereocenters. The van der Waals surface area contributed by atoms with Gasteiger partial charge in [0.05, 0.1) is 0 Å². The summed E-state index contributed by atoms with van der Waals surface area (Å²) in [6.45, 7) is 8.18.